The summed E-state index contributed by atoms with van der Waals surface area (Å²) in [4.78, 5) is 11.1. The number of sulfone groups is 1. The minimum absolute atomic E-state index is 0.0698. The van der Waals surface area contributed by atoms with Crippen LogP contribution in [-0.2, 0) is 21.1 Å². The molecule has 0 spiro atoms. The zero-order valence-electron chi connectivity index (χ0n) is 12.7. The minimum atomic E-state index is -3.30. The van der Waals surface area contributed by atoms with Gasteiger partial charge in [0, 0.05) is 11.9 Å². The highest BCUT2D eigenvalue weighted by atomic mass is 35.5. The molecule has 2 aromatic rings. The standard InChI is InChI=1S/C17H17ClO4S/c1-13(19)22-16-8-4-14(5-9-16)3-2-12-23(20,21)17-10-6-15(18)7-11-17/h4-11H,2-3,12H2,1H3. The molecule has 4 nitrogen and oxygen atoms in total. The number of aryl methyl sites for hydroxylation is 1. The highest BCUT2D eigenvalue weighted by Gasteiger charge is 2.13. The van der Waals surface area contributed by atoms with Crippen molar-refractivity contribution < 1.29 is 17.9 Å². The lowest BCUT2D eigenvalue weighted by Crippen LogP contribution is -2.07. The van der Waals surface area contributed by atoms with Crippen LogP contribution < -0.4 is 4.74 Å². The van der Waals surface area contributed by atoms with Crippen LogP contribution in [0.15, 0.2) is 53.4 Å². The van der Waals surface area contributed by atoms with E-state index >= 15 is 0 Å². The van der Waals surface area contributed by atoms with Gasteiger partial charge in [0.25, 0.3) is 0 Å². The molecular formula is C17H17ClO4S. The molecule has 0 aromatic heterocycles. The molecule has 0 heterocycles. The van der Waals surface area contributed by atoms with Gasteiger partial charge in [0.2, 0.25) is 0 Å². The number of carbonyl (C=O) groups excluding carboxylic acids is 1. The van der Waals surface area contributed by atoms with E-state index < -0.39 is 9.84 Å². The van der Waals surface area contributed by atoms with Crippen molar-refractivity contribution in [3.05, 3.63) is 59.1 Å². The third-order valence-corrected chi connectivity index (χ3v) is 5.30. The smallest absolute Gasteiger partial charge is 0.308 e. The normalized spacial score (nSPS) is 11.2. The van der Waals surface area contributed by atoms with Crippen LogP contribution in [0.4, 0.5) is 0 Å². The van der Waals surface area contributed by atoms with E-state index in [-0.39, 0.29) is 16.6 Å². The van der Waals surface area contributed by atoms with Gasteiger partial charge in [-0.25, -0.2) is 8.42 Å². The van der Waals surface area contributed by atoms with Crippen molar-refractivity contribution in [2.45, 2.75) is 24.7 Å². The Bertz CT molecular complexity index is 765. The zero-order valence-corrected chi connectivity index (χ0v) is 14.2. The van der Waals surface area contributed by atoms with E-state index in [1.54, 1.807) is 24.3 Å². The first-order valence-corrected chi connectivity index (χ1v) is 9.15. The summed E-state index contributed by atoms with van der Waals surface area (Å²) in [5.41, 5.74) is 0.993. The number of hydrogen-bond acceptors (Lipinski definition) is 4. The molecule has 23 heavy (non-hydrogen) atoms. The molecule has 0 unspecified atom stereocenters. The van der Waals surface area contributed by atoms with Crippen LogP contribution in [0.1, 0.15) is 18.9 Å². The fourth-order valence-electron chi connectivity index (χ4n) is 2.12. The fourth-order valence-corrected chi connectivity index (χ4v) is 3.55. The van der Waals surface area contributed by atoms with E-state index in [2.05, 4.69) is 0 Å². The van der Waals surface area contributed by atoms with Crippen LogP contribution in [0.25, 0.3) is 0 Å². The van der Waals surface area contributed by atoms with Gasteiger partial charge in [0.15, 0.2) is 9.84 Å². The first kappa shape index (κ1) is 17.5. The number of halogens is 1. The maximum Gasteiger partial charge on any atom is 0.308 e. The number of benzene rings is 2. The summed E-state index contributed by atoms with van der Waals surface area (Å²) in [7, 11) is -3.30. The van der Waals surface area contributed by atoms with Crippen molar-refractivity contribution in [1.82, 2.24) is 0 Å². The second kappa shape index (κ2) is 7.62. The zero-order chi connectivity index (χ0) is 16.9. The predicted molar refractivity (Wildman–Crippen MR) is 89.6 cm³/mol. The molecule has 0 fully saturated rings. The quantitative estimate of drug-likeness (QED) is 0.588. The van der Waals surface area contributed by atoms with Crippen LogP contribution >= 0.6 is 11.6 Å². The molecule has 0 saturated heterocycles. The summed E-state index contributed by atoms with van der Waals surface area (Å²) in [6.45, 7) is 1.34. The largest absolute Gasteiger partial charge is 0.427 e. The SMILES string of the molecule is CC(=O)Oc1ccc(CCCS(=O)(=O)c2ccc(Cl)cc2)cc1. The second-order valence-electron chi connectivity index (χ2n) is 5.11. The van der Waals surface area contributed by atoms with Gasteiger partial charge in [-0.05, 0) is 54.8 Å². The van der Waals surface area contributed by atoms with E-state index in [9.17, 15) is 13.2 Å². The van der Waals surface area contributed by atoms with E-state index in [1.807, 2.05) is 12.1 Å². The lowest BCUT2D eigenvalue weighted by atomic mass is 10.1. The van der Waals surface area contributed by atoms with Crippen molar-refractivity contribution >= 4 is 27.4 Å². The number of esters is 1. The van der Waals surface area contributed by atoms with Crippen LogP contribution in [-0.4, -0.2) is 20.1 Å². The van der Waals surface area contributed by atoms with E-state index in [0.29, 0.717) is 23.6 Å². The Hall–Kier alpha value is -1.85. The average Bonchev–Trinajstić information content (AvgIpc) is 2.49. The Balaban J connectivity index is 1.91. The predicted octanol–water partition coefficient (Wildman–Crippen LogP) is 3.67. The minimum Gasteiger partial charge on any atom is -0.427 e. The Morgan fingerprint density at radius 3 is 2.22 bits per heavy atom. The molecule has 0 saturated carbocycles. The van der Waals surface area contributed by atoms with Gasteiger partial charge >= 0.3 is 5.97 Å². The number of ether oxygens (including phenoxy) is 1. The molecule has 0 aliphatic rings. The molecule has 0 atom stereocenters. The average molecular weight is 353 g/mol. The third kappa shape index (κ3) is 5.37. The molecule has 6 heteroatoms. The van der Waals surface area contributed by atoms with Gasteiger partial charge in [-0.15, -0.1) is 0 Å². The monoisotopic (exact) mass is 352 g/mol. The lowest BCUT2D eigenvalue weighted by Gasteiger charge is -2.06. The maximum atomic E-state index is 12.2. The van der Waals surface area contributed by atoms with Crippen molar-refractivity contribution in [2.24, 2.45) is 0 Å². The van der Waals surface area contributed by atoms with Gasteiger partial charge in [-0.2, -0.15) is 0 Å². The molecule has 2 rings (SSSR count). The summed E-state index contributed by atoms with van der Waals surface area (Å²) in [6, 6.07) is 13.2. The number of rotatable bonds is 6. The molecule has 0 aliphatic carbocycles. The van der Waals surface area contributed by atoms with Crippen LogP contribution in [0.2, 0.25) is 5.02 Å². The third-order valence-electron chi connectivity index (χ3n) is 3.24. The Morgan fingerprint density at radius 2 is 1.65 bits per heavy atom. The Labute approximate surface area is 141 Å². The topological polar surface area (TPSA) is 60.4 Å². The molecule has 2 aromatic carbocycles. The van der Waals surface area contributed by atoms with E-state index in [1.165, 1.54) is 19.1 Å². The van der Waals surface area contributed by atoms with Gasteiger partial charge in [0.1, 0.15) is 5.75 Å². The molecule has 0 radical (unpaired) electrons. The van der Waals surface area contributed by atoms with Gasteiger partial charge < -0.3 is 4.74 Å². The fraction of sp³-hybridized carbons (Fsp3) is 0.235. The Kier molecular flexibility index (Phi) is 5.80. The first-order valence-electron chi connectivity index (χ1n) is 7.12. The van der Waals surface area contributed by atoms with Crippen LogP contribution in [0.5, 0.6) is 5.75 Å². The van der Waals surface area contributed by atoms with Crippen LogP contribution in [0.3, 0.4) is 0 Å². The molecule has 0 aliphatic heterocycles. The summed E-state index contributed by atoms with van der Waals surface area (Å²) < 4.78 is 29.4. The molecule has 122 valence electrons. The van der Waals surface area contributed by atoms with E-state index in [4.69, 9.17) is 16.3 Å². The van der Waals surface area contributed by atoms with Crippen molar-refractivity contribution in [3.63, 3.8) is 0 Å². The maximum absolute atomic E-state index is 12.2. The number of carbonyl (C=O) groups is 1. The Morgan fingerprint density at radius 1 is 1.04 bits per heavy atom. The highest BCUT2D eigenvalue weighted by Crippen LogP contribution is 2.18. The molecule has 0 bridgehead atoms. The van der Waals surface area contributed by atoms with Gasteiger partial charge in [0.05, 0.1) is 10.6 Å². The molecule has 0 amide bonds. The molecule has 0 N–H and O–H groups in total. The number of hydrogen-bond donors (Lipinski definition) is 0. The summed E-state index contributed by atoms with van der Waals surface area (Å²) >= 11 is 5.76. The van der Waals surface area contributed by atoms with Crippen LogP contribution in [0, 0.1) is 0 Å². The van der Waals surface area contributed by atoms with Crippen molar-refractivity contribution in [1.29, 1.82) is 0 Å². The second-order valence-corrected chi connectivity index (χ2v) is 7.66. The summed E-state index contributed by atoms with van der Waals surface area (Å²) in [6.07, 6.45) is 1.14. The highest BCUT2D eigenvalue weighted by molar-refractivity contribution is 7.91. The van der Waals surface area contributed by atoms with Gasteiger partial charge in [-0.1, -0.05) is 23.7 Å². The lowest BCUT2D eigenvalue weighted by molar-refractivity contribution is -0.131. The van der Waals surface area contributed by atoms with Gasteiger partial charge in [-0.3, -0.25) is 4.79 Å². The van der Waals surface area contributed by atoms with Crippen molar-refractivity contribution in [3.8, 4) is 5.75 Å². The summed E-state index contributed by atoms with van der Waals surface area (Å²) in [5, 5.41) is 0.511. The first-order chi connectivity index (χ1) is 10.9. The van der Waals surface area contributed by atoms with Crippen molar-refractivity contribution in [2.75, 3.05) is 5.75 Å². The summed E-state index contributed by atoms with van der Waals surface area (Å²) in [5.74, 6) is 0.183. The molecular weight excluding hydrogens is 336 g/mol. The van der Waals surface area contributed by atoms with E-state index in [0.717, 1.165) is 5.56 Å².